The van der Waals surface area contributed by atoms with Crippen molar-refractivity contribution in [2.24, 2.45) is 0 Å². The van der Waals surface area contributed by atoms with E-state index < -0.39 is 16.2 Å². The van der Waals surface area contributed by atoms with Gasteiger partial charge in [0, 0.05) is 38.3 Å². The fourth-order valence-electron chi connectivity index (χ4n) is 3.84. The van der Waals surface area contributed by atoms with Crippen LogP contribution in [0.5, 0.6) is 0 Å². The van der Waals surface area contributed by atoms with E-state index in [0.29, 0.717) is 13.0 Å². The van der Waals surface area contributed by atoms with Crippen molar-refractivity contribution in [3.8, 4) is 0 Å². The number of amides is 1. The Balaban J connectivity index is 2.01. The Morgan fingerprint density at radius 3 is 2.14 bits per heavy atom. The Bertz CT molecular complexity index is 926. The third-order valence-corrected chi connectivity index (χ3v) is 7.29. The lowest BCUT2D eigenvalue weighted by Crippen LogP contribution is -2.37. The minimum atomic E-state index is -3.72. The molecule has 7 heteroatoms. The summed E-state index contributed by atoms with van der Waals surface area (Å²) in [6, 6.07) is 16.3. The number of nitrogens with zero attached hydrogens (tertiary/aromatic N) is 3. The Hall–Kier alpha value is -2.38. The van der Waals surface area contributed by atoms with Crippen LogP contribution in [0.4, 0.5) is 5.69 Å². The summed E-state index contributed by atoms with van der Waals surface area (Å²) in [4.78, 5) is 16.7. The van der Waals surface area contributed by atoms with Crippen molar-refractivity contribution in [2.75, 3.05) is 31.1 Å². The van der Waals surface area contributed by atoms with Crippen LogP contribution in [0.15, 0.2) is 59.5 Å². The molecule has 2 aromatic carbocycles. The van der Waals surface area contributed by atoms with Gasteiger partial charge in [-0.2, -0.15) is 4.31 Å². The maximum absolute atomic E-state index is 13.3. The second-order valence-corrected chi connectivity index (χ2v) is 8.90. The normalized spacial score (nSPS) is 17.5. The third-order valence-electron chi connectivity index (χ3n) is 5.42. The molecule has 0 N–H and O–H groups in total. The first-order valence-corrected chi connectivity index (χ1v) is 11.6. The molecule has 6 nitrogen and oxygen atoms in total. The van der Waals surface area contributed by atoms with E-state index in [1.54, 1.807) is 42.2 Å². The van der Waals surface area contributed by atoms with E-state index in [0.717, 1.165) is 24.3 Å². The molecule has 0 aliphatic carbocycles. The van der Waals surface area contributed by atoms with Crippen LogP contribution in [-0.4, -0.2) is 49.7 Å². The summed E-state index contributed by atoms with van der Waals surface area (Å²) >= 11 is 0. The lowest BCUT2D eigenvalue weighted by molar-refractivity contribution is -0.132. The molecule has 1 atom stereocenters. The molecule has 29 heavy (non-hydrogen) atoms. The fraction of sp³-hybridized carbons (Fsp3) is 0.409. The Kier molecular flexibility index (Phi) is 6.59. The summed E-state index contributed by atoms with van der Waals surface area (Å²) in [6.07, 6.45) is -0.286. The summed E-state index contributed by atoms with van der Waals surface area (Å²) in [7, 11) is -3.72. The van der Waals surface area contributed by atoms with Crippen molar-refractivity contribution in [1.29, 1.82) is 0 Å². The van der Waals surface area contributed by atoms with Crippen LogP contribution >= 0.6 is 0 Å². The standard InChI is InChI=1S/C22H29N3O3S/c1-4-21(26)24-16-17-25(29(27,28)20-10-8-7-9-11-20)22(24)18-12-14-19(15-13-18)23(5-2)6-3/h7-15,22H,4-6,16-17H2,1-3H3/t22-/m1/s1. The Morgan fingerprint density at radius 1 is 0.966 bits per heavy atom. The predicted octanol–water partition coefficient (Wildman–Crippen LogP) is 3.47. The minimum Gasteiger partial charge on any atom is -0.372 e. The molecule has 0 radical (unpaired) electrons. The van der Waals surface area contributed by atoms with E-state index >= 15 is 0 Å². The highest BCUT2D eigenvalue weighted by molar-refractivity contribution is 7.89. The van der Waals surface area contributed by atoms with Crippen molar-refractivity contribution >= 4 is 21.6 Å². The van der Waals surface area contributed by atoms with E-state index in [1.165, 1.54) is 4.31 Å². The monoisotopic (exact) mass is 415 g/mol. The third kappa shape index (κ3) is 4.16. The van der Waals surface area contributed by atoms with Gasteiger partial charge in [0.25, 0.3) is 0 Å². The van der Waals surface area contributed by atoms with Gasteiger partial charge in [0.05, 0.1) is 4.90 Å². The zero-order chi connectivity index (χ0) is 21.0. The molecule has 1 aliphatic heterocycles. The highest BCUT2D eigenvalue weighted by Gasteiger charge is 2.42. The van der Waals surface area contributed by atoms with Crippen LogP contribution in [0.3, 0.4) is 0 Å². The molecule has 3 rings (SSSR count). The van der Waals surface area contributed by atoms with Gasteiger partial charge in [0.1, 0.15) is 6.17 Å². The second-order valence-electron chi connectivity index (χ2n) is 7.01. The van der Waals surface area contributed by atoms with Gasteiger partial charge in [-0.3, -0.25) is 4.79 Å². The van der Waals surface area contributed by atoms with Crippen LogP contribution in [0, 0.1) is 0 Å². The summed E-state index contributed by atoms with van der Waals surface area (Å²) < 4.78 is 28.1. The number of rotatable bonds is 7. The maximum atomic E-state index is 13.3. The summed E-state index contributed by atoms with van der Waals surface area (Å²) in [5, 5.41) is 0. The molecule has 0 unspecified atom stereocenters. The zero-order valence-corrected chi connectivity index (χ0v) is 18.1. The average Bonchev–Trinajstić information content (AvgIpc) is 3.21. The summed E-state index contributed by atoms with van der Waals surface area (Å²) in [5.74, 6) is -0.0476. The van der Waals surface area contributed by atoms with E-state index in [4.69, 9.17) is 0 Å². The Labute approximate surface area is 173 Å². The first-order chi connectivity index (χ1) is 13.9. The number of hydrogen-bond donors (Lipinski definition) is 0. The maximum Gasteiger partial charge on any atom is 0.245 e. The molecule has 0 saturated carbocycles. The number of carbonyl (C=O) groups is 1. The lowest BCUT2D eigenvalue weighted by atomic mass is 10.1. The number of carbonyl (C=O) groups excluding carboxylic acids is 1. The van der Waals surface area contributed by atoms with Gasteiger partial charge in [-0.05, 0) is 43.7 Å². The average molecular weight is 416 g/mol. The largest absolute Gasteiger partial charge is 0.372 e. The lowest BCUT2D eigenvalue weighted by Gasteiger charge is -2.30. The molecule has 0 spiro atoms. The van der Waals surface area contributed by atoms with Gasteiger partial charge >= 0.3 is 0 Å². The van der Waals surface area contributed by atoms with Gasteiger partial charge < -0.3 is 9.80 Å². The highest BCUT2D eigenvalue weighted by Crippen LogP contribution is 2.36. The topological polar surface area (TPSA) is 60.9 Å². The first kappa shape index (κ1) is 21.3. The van der Waals surface area contributed by atoms with Gasteiger partial charge in [-0.15, -0.1) is 0 Å². The molecule has 156 valence electrons. The molecule has 0 aromatic heterocycles. The van der Waals surface area contributed by atoms with Crippen molar-refractivity contribution in [3.05, 3.63) is 60.2 Å². The smallest absolute Gasteiger partial charge is 0.245 e. The van der Waals surface area contributed by atoms with Crippen LogP contribution in [0.2, 0.25) is 0 Å². The number of sulfonamides is 1. The van der Waals surface area contributed by atoms with E-state index in [2.05, 4.69) is 18.7 Å². The van der Waals surface area contributed by atoms with Gasteiger partial charge in [-0.1, -0.05) is 37.3 Å². The van der Waals surface area contributed by atoms with Crippen molar-refractivity contribution in [1.82, 2.24) is 9.21 Å². The molecule has 1 heterocycles. The molecule has 0 bridgehead atoms. The Morgan fingerprint density at radius 2 is 1.59 bits per heavy atom. The predicted molar refractivity (Wildman–Crippen MR) is 115 cm³/mol. The highest BCUT2D eigenvalue weighted by atomic mass is 32.2. The van der Waals surface area contributed by atoms with Crippen molar-refractivity contribution < 1.29 is 13.2 Å². The molecule has 1 fully saturated rings. The van der Waals surface area contributed by atoms with E-state index in [1.807, 2.05) is 24.3 Å². The molecule has 2 aromatic rings. The second kappa shape index (κ2) is 8.97. The molecular formula is C22H29N3O3S. The number of benzene rings is 2. The van der Waals surface area contributed by atoms with E-state index in [-0.39, 0.29) is 17.3 Å². The van der Waals surface area contributed by atoms with Gasteiger partial charge in [-0.25, -0.2) is 8.42 Å². The zero-order valence-electron chi connectivity index (χ0n) is 17.3. The van der Waals surface area contributed by atoms with Crippen LogP contribution in [0.1, 0.15) is 38.9 Å². The molecule has 1 saturated heterocycles. The van der Waals surface area contributed by atoms with E-state index in [9.17, 15) is 13.2 Å². The molecular weight excluding hydrogens is 386 g/mol. The van der Waals surface area contributed by atoms with Crippen LogP contribution in [-0.2, 0) is 14.8 Å². The minimum absolute atomic E-state index is 0.0476. The molecule has 1 aliphatic rings. The number of anilines is 1. The van der Waals surface area contributed by atoms with Crippen LogP contribution < -0.4 is 4.90 Å². The van der Waals surface area contributed by atoms with Crippen molar-refractivity contribution in [2.45, 2.75) is 38.3 Å². The SMILES string of the molecule is CCC(=O)N1CCN(S(=O)(=O)c2ccccc2)[C@@H]1c1ccc(N(CC)CC)cc1. The van der Waals surface area contributed by atoms with Gasteiger partial charge in [0.15, 0.2) is 0 Å². The number of hydrogen-bond acceptors (Lipinski definition) is 4. The van der Waals surface area contributed by atoms with Crippen LogP contribution in [0.25, 0.3) is 0 Å². The van der Waals surface area contributed by atoms with Crippen molar-refractivity contribution in [3.63, 3.8) is 0 Å². The first-order valence-electron chi connectivity index (χ1n) is 10.1. The molecule has 1 amide bonds. The van der Waals surface area contributed by atoms with Gasteiger partial charge in [0.2, 0.25) is 15.9 Å². The summed E-state index contributed by atoms with van der Waals surface area (Å²) in [6.45, 7) is 8.47. The fourth-order valence-corrected chi connectivity index (χ4v) is 5.43. The summed E-state index contributed by atoms with van der Waals surface area (Å²) in [5.41, 5.74) is 1.89. The quantitative estimate of drug-likeness (QED) is 0.695.